The predicted octanol–water partition coefficient (Wildman–Crippen LogP) is 6.05. The minimum absolute atomic E-state index is 0.0640. The first kappa shape index (κ1) is 23.5. The molecule has 2 aromatic carbocycles. The first-order chi connectivity index (χ1) is 17.0. The van der Waals surface area contributed by atoms with Crippen LogP contribution in [0.15, 0.2) is 42.6 Å². The number of nitrogens with zero attached hydrogens (tertiary/aromatic N) is 2. The number of halogens is 3. The highest BCUT2D eigenvalue weighted by atomic mass is 19.3. The van der Waals surface area contributed by atoms with Crippen LogP contribution in [0.2, 0.25) is 0 Å². The quantitative estimate of drug-likeness (QED) is 0.445. The number of fused-ring (bicyclic) bond motifs is 1. The van der Waals surface area contributed by atoms with Gasteiger partial charge in [0.25, 0.3) is 6.43 Å². The Labute approximate surface area is 202 Å². The fourth-order valence-electron chi connectivity index (χ4n) is 4.93. The summed E-state index contributed by atoms with van der Waals surface area (Å²) in [5.74, 6) is 0.624. The Morgan fingerprint density at radius 1 is 1.17 bits per heavy atom. The molecule has 0 radical (unpaired) electrons. The smallest absolute Gasteiger partial charge is 0.266 e. The summed E-state index contributed by atoms with van der Waals surface area (Å²) < 4.78 is 46.4. The maximum atomic E-state index is 14.5. The Morgan fingerprint density at radius 2 is 1.94 bits per heavy atom. The van der Waals surface area contributed by atoms with E-state index in [4.69, 9.17) is 4.74 Å². The van der Waals surface area contributed by atoms with Gasteiger partial charge < -0.3 is 15.0 Å². The highest BCUT2D eigenvalue weighted by molar-refractivity contribution is 5.93. The van der Waals surface area contributed by atoms with E-state index in [0.717, 1.165) is 72.7 Å². The van der Waals surface area contributed by atoms with Crippen molar-refractivity contribution in [3.63, 3.8) is 0 Å². The molecule has 3 aromatic rings. The monoisotopic (exact) mass is 483 g/mol. The molecule has 1 N–H and O–H groups in total. The van der Waals surface area contributed by atoms with Crippen molar-refractivity contribution in [3.8, 4) is 5.75 Å². The average Bonchev–Trinajstić information content (AvgIpc) is 3.72. The molecule has 184 valence electrons. The van der Waals surface area contributed by atoms with Crippen LogP contribution in [0, 0.1) is 11.7 Å². The second kappa shape index (κ2) is 9.76. The number of carbonyl (C=O) groups is 1. The number of hydrogen-bond acceptors (Lipinski definition) is 4. The first-order valence-corrected chi connectivity index (χ1v) is 12.0. The van der Waals surface area contributed by atoms with Gasteiger partial charge in [0, 0.05) is 54.5 Å². The molecular formula is C27H28F3N3O2. The average molecular weight is 484 g/mol. The number of likely N-dealkylation sites (tertiary alicyclic amines) is 1. The van der Waals surface area contributed by atoms with Crippen LogP contribution in [0.1, 0.15) is 54.7 Å². The molecule has 0 atom stereocenters. The van der Waals surface area contributed by atoms with E-state index in [1.54, 1.807) is 19.4 Å². The van der Waals surface area contributed by atoms with Crippen LogP contribution in [-0.4, -0.2) is 36.0 Å². The molecule has 1 saturated heterocycles. The van der Waals surface area contributed by atoms with Gasteiger partial charge in [0.05, 0.1) is 18.2 Å². The van der Waals surface area contributed by atoms with E-state index in [0.29, 0.717) is 0 Å². The van der Waals surface area contributed by atoms with E-state index in [-0.39, 0.29) is 29.9 Å². The van der Waals surface area contributed by atoms with Crippen LogP contribution in [0.4, 0.5) is 18.9 Å². The minimum Gasteiger partial charge on any atom is -0.496 e. The number of rotatable bonds is 7. The third-order valence-corrected chi connectivity index (χ3v) is 7.08. The zero-order chi connectivity index (χ0) is 24.5. The first-order valence-electron chi connectivity index (χ1n) is 12.0. The number of aromatic nitrogens is 1. The Kier molecular flexibility index (Phi) is 6.54. The van der Waals surface area contributed by atoms with Gasteiger partial charge in [-0.3, -0.25) is 9.78 Å². The number of hydrogen-bond donors (Lipinski definition) is 1. The lowest BCUT2D eigenvalue weighted by molar-refractivity contribution is -0.133. The number of pyridine rings is 1. The van der Waals surface area contributed by atoms with E-state index >= 15 is 0 Å². The summed E-state index contributed by atoms with van der Waals surface area (Å²) >= 11 is 0. The van der Waals surface area contributed by atoms with Crippen molar-refractivity contribution < 1.29 is 22.7 Å². The summed E-state index contributed by atoms with van der Waals surface area (Å²) in [5, 5.41) is 4.05. The van der Waals surface area contributed by atoms with E-state index in [2.05, 4.69) is 16.4 Å². The van der Waals surface area contributed by atoms with Crippen LogP contribution in [0.25, 0.3) is 10.9 Å². The van der Waals surface area contributed by atoms with Crippen molar-refractivity contribution in [2.24, 2.45) is 5.92 Å². The van der Waals surface area contributed by atoms with Crippen molar-refractivity contribution in [2.45, 2.75) is 44.6 Å². The molecule has 2 fully saturated rings. The molecule has 35 heavy (non-hydrogen) atoms. The molecule has 8 heteroatoms. The number of alkyl halides is 2. The van der Waals surface area contributed by atoms with E-state index < -0.39 is 17.8 Å². The lowest BCUT2D eigenvalue weighted by Gasteiger charge is -2.33. The van der Waals surface area contributed by atoms with Crippen molar-refractivity contribution in [2.75, 3.05) is 25.5 Å². The SMILES string of the molecule is COc1cc2nccc(NCc3cccc(C(F)F)c3F)c2cc1C1CCN(C(=O)C2CC2)CC1. The van der Waals surface area contributed by atoms with Crippen molar-refractivity contribution in [1.82, 2.24) is 9.88 Å². The summed E-state index contributed by atoms with van der Waals surface area (Å²) in [5.41, 5.74) is 2.10. The molecule has 0 spiro atoms. The third kappa shape index (κ3) is 4.79. The Hall–Kier alpha value is -3.29. The Balaban J connectivity index is 1.39. The molecule has 1 aliphatic carbocycles. The van der Waals surface area contributed by atoms with Gasteiger partial charge in [0.2, 0.25) is 5.91 Å². The van der Waals surface area contributed by atoms with Crippen LogP contribution in [0.5, 0.6) is 5.75 Å². The van der Waals surface area contributed by atoms with Crippen LogP contribution in [0.3, 0.4) is 0 Å². The molecule has 5 nitrogen and oxygen atoms in total. The number of methoxy groups -OCH3 is 1. The summed E-state index contributed by atoms with van der Waals surface area (Å²) in [7, 11) is 1.64. The highest BCUT2D eigenvalue weighted by Gasteiger charge is 2.35. The summed E-state index contributed by atoms with van der Waals surface area (Å²) in [6, 6.07) is 9.80. The van der Waals surface area contributed by atoms with Crippen LogP contribution in [-0.2, 0) is 11.3 Å². The van der Waals surface area contributed by atoms with Gasteiger partial charge in [0.1, 0.15) is 11.6 Å². The number of piperidine rings is 1. The molecule has 0 bridgehead atoms. The lowest BCUT2D eigenvalue weighted by atomic mass is 9.87. The van der Waals surface area contributed by atoms with E-state index in [1.165, 1.54) is 12.1 Å². The zero-order valence-corrected chi connectivity index (χ0v) is 19.6. The second-order valence-corrected chi connectivity index (χ2v) is 9.32. The van der Waals surface area contributed by atoms with Crippen LogP contribution >= 0.6 is 0 Å². The van der Waals surface area contributed by atoms with Gasteiger partial charge in [-0.2, -0.15) is 0 Å². The lowest BCUT2D eigenvalue weighted by Crippen LogP contribution is -2.38. The topological polar surface area (TPSA) is 54.5 Å². The number of ether oxygens (including phenoxy) is 1. The summed E-state index contributed by atoms with van der Waals surface area (Å²) in [6.07, 6.45) is 2.52. The molecule has 1 amide bonds. The molecule has 1 aliphatic heterocycles. The van der Waals surface area contributed by atoms with Crippen molar-refractivity contribution in [3.05, 3.63) is 65.1 Å². The van der Waals surface area contributed by atoms with Gasteiger partial charge in [-0.1, -0.05) is 18.2 Å². The fourth-order valence-corrected chi connectivity index (χ4v) is 4.93. The van der Waals surface area contributed by atoms with Crippen molar-refractivity contribution in [1.29, 1.82) is 0 Å². The maximum Gasteiger partial charge on any atom is 0.266 e. The fraction of sp³-hybridized carbons (Fsp3) is 0.407. The van der Waals surface area contributed by atoms with Crippen molar-refractivity contribution >= 4 is 22.5 Å². The maximum absolute atomic E-state index is 14.5. The minimum atomic E-state index is -2.86. The molecule has 1 aromatic heterocycles. The molecule has 2 aliphatic rings. The molecule has 0 unspecified atom stereocenters. The molecule has 2 heterocycles. The number of benzene rings is 2. The van der Waals surface area contributed by atoms with Gasteiger partial charge in [-0.05, 0) is 49.3 Å². The van der Waals surface area contributed by atoms with Gasteiger partial charge in [-0.25, -0.2) is 13.2 Å². The molecule has 1 saturated carbocycles. The number of anilines is 1. The Morgan fingerprint density at radius 3 is 2.63 bits per heavy atom. The summed E-state index contributed by atoms with van der Waals surface area (Å²) in [6.45, 7) is 1.53. The highest BCUT2D eigenvalue weighted by Crippen LogP contribution is 2.40. The summed E-state index contributed by atoms with van der Waals surface area (Å²) in [4.78, 5) is 18.9. The van der Waals surface area contributed by atoms with Gasteiger partial charge in [0.15, 0.2) is 0 Å². The standard InChI is InChI=1S/C27H28F3N3O2/c1-35-24-14-23-21(13-20(24)16-8-11-33(12-9-16)27(34)17-5-6-17)22(7-10-31-23)32-15-18-3-2-4-19(25(18)28)26(29)30/h2-4,7,10,13-14,16-17,26H,5-6,8-9,11-12,15H2,1H3,(H,31,32). The number of nitrogens with one attached hydrogen (secondary N) is 1. The third-order valence-electron chi connectivity index (χ3n) is 7.08. The van der Waals surface area contributed by atoms with E-state index in [9.17, 15) is 18.0 Å². The zero-order valence-electron chi connectivity index (χ0n) is 19.6. The predicted molar refractivity (Wildman–Crippen MR) is 128 cm³/mol. The van der Waals surface area contributed by atoms with Gasteiger partial charge >= 0.3 is 0 Å². The normalized spacial score (nSPS) is 16.7. The second-order valence-electron chi connectivity index (χ2n) is 9.32. The largest absolute Gasteiger partial charge is 0.496 e. The van der Waals surface area contributed by atoms with Crippen LogP contribution < -0.4 is 10.1 Å². The Bertz CT molecular complexity index is 1240. The van der Waals surface area contributed by atoms with E-state index in [1.807, 2.05) is 11.0 Å². The molecule has 5 rings (SSSR count). The molecular weight excluding hydrogens is 455 g/mol. The number of carbonyl (C=O) groups excluding carboxylic acids is 1. The van der Waals surface area contributed by atoms with Gasteiger partial charge in [-0.15, -0.1) is 0 Å². The number of amides is 1.